The number of phenols is 2. The molecular weight excluding hydrogens is 741 g/mol. The molecule has 0 saturated heterocycles. The van der Waals surface area contributed by atoms with E-state index in [2.05, 4.69) is 104 Å². The van der Waals surface area contributed by atoms with Gasteiger partial charge in [-0.25, -0.2) is 0 Å². The van der Waals surface area contributed by atoms with Gasteiger partial charge in [-0.1, -0.05) is 231 Å². The molecule has 0 fully saturated rings. The summed E-state index contributed by atoms with van der Waals surface area (Å²) in [5.41, 5.74) is 9.71. The fourth-order valence-electron chi connectivity index (χ4n) is 8.36. The minimum atomic E-state index is 0.334. The first-order valence-electron chi connectivity index (χ1n) is 20.6. The highest BCUT2D eigenvalue weighted by Gasteiger charge is 2.15. The lowest BCUT2D eigenvalue weighted by Gasteiger charge is -2.14. The summed E-state index contributed by atoms with van der Waals surface area (Å²) in [6.07, 6.45) is 0. The van der Waals surface area contributed by atoms with E-state index in [1.165, 1.54) is 38.2 Å². The third kappa shape index (κ3) is 7.96. The van der Waals surface area contributed by atoms with Gasteiger partial charge in [-0.05, 0) is 84.1 Å². The summed E-state index contributed by atoms with van der Waals surface area (Å²) >= 11 is 0. The van der Waals surface area contributed by atoms with Gasteiger partial charge in [0.15, 0.2) is 0 Å². The Balaban J connectivity index is 0.000000118. The Morgan fingerprint density at radius 3 is 1.31 bits per heavy atom. The molecule has 0 aromatic heterocycles. The Kier molecular flexibility index (Phi) is 11.1. The van der Waals surface area contributed by atoms with Crippen LogP contribution in [-0.2, 0) is 0 Å². The predicted octanol–water partition coefficient (Wildman–Crippen LogP) is 16.1. The minimum Gasteiger partial charge on any atom is -0.507 e. The van der Waals surface area contributed by atoms with Gasteiger partial charge in [0.2, 0.25) is 0 Å². The third-order valence-corrected chi connectivity index (χ3v) is 11.4. The van der Waals surface area contributed by atoms with E-state index >= 15 is 0 Å². The van der Waals surface area contributed by atoms with E-state index in [1.54, 1.807) is 0 Å². The monoisotopic (exact) mass is 784 g/mol. The Hall–Kier alpha value is -7.94. The molecule has 11 aromatic carbocycles. The van der Waals surface area contributed by atoms with Gasteiger partial charge in [-0.3, -0.25) is 0 Å². The summed E-state index contributed by atoms with van der Waals surface area (Å²) in [5, 5.41) is 30.7. The van der Waals surface area contributed by atoms with E-state index in [0.29, 0.717) is 11.5 Å². The molecule has 0 bridgehead atoms. The van der Waals surface area contributed by atoms with Crippen molar-refractivity contribution in [2.75, 3.05) is 0 Å². The van der Waals surface area contributed by atoms with Crippen LogP contribution in [0.25, 0.3) is 87.6 Å². The van der Waals surface area contributed by atoms with Crippen LogP contribution >= 0.6 is 0 Å². The van der Waals surface area contributed by atoms with Crippen molar-refractivity contribution in [3.63, 3.8) is 0 Å². The van der Waals surface area contributed by atoms with Crippen LogP contribution in [0.4, 0.5) is 0 Å². The molecule has 11 aromatic rings. The fraction of sp³-hybridized carbons (Fsp3) is 0.0169. The van der Waals surface area contributed by atoms with Crippen LogP contribution in [-0.4, -0.2) is 10.2 Å². The van der Waals surface area contributed by atoms with E-state index in [9.17, 15) is 10.2 Å². The molecule has 11 rings (SSSR count). The lowest BCUT2D eigenvalue weighted by Crippen LogP contribution is -1.87. The van der Waals surface area contributed by atoms with Gasteiger partial charge >= 0.3 is 0 Å². The van der Waals surface area contributed by atoms with Crippen LogP contribution in [0.5, 0.6) is 11.5 Å². The molecule has 61 heavy (non-hydrogen) atoms. The summed E-state index contributed by atoms with van der Waals surface area (Å²) in [5.74, 6) is 0.690. The molecule has 292 valence electrons. The normalized spacial score (nSPS) is 10.8. The zero-order chi connectivity index (χ0) is 41.5. The molecule has 0 amide bonds. The SMILES string of the molecule is Cc1c(-c2cccc3ccccc23)ccc2ccccc12.Oc1c(-c2ccccc2)cc2ccccc2c1-c1ccccc1.Oc1c(-c2ccccc2)ccc2ccccc12. The van der Waals surface area contributed by atoms with Crippen LogP contribution < -0.4 is 0 Å². The Bertz CT molecular complexity index is 3260. The smallest absolute Gasteiger partial charge is 0.131 e. The second-order valence-corrected chi connectivity index (χ2v) is 15.1. The van der Waals surface area contributed by atoms with E-state index in [-0.39, 0.29) is 0 Å². The van der Waals surface area contributed by atoms with Gasteiger partial charge in [0.05, 0.1) is 0 Å². The minimum absolute atomic E-state index is 0.334. The first kappa shape index (κ1) is 38.6. The molecule has 0 saturated carbocycles. The highest BCUT2D eigenvalue weighted by atomic mass is 16.3. The van der Waals surface area contributed by atoms with E-state index < -0.39 is 0 Å². The van der Waals surface area contributed by atoms with Crippen LogP contribution in [0.3, 0.4) is 0 Å². The summed E-state index contributed by atoms with van der Waals surface area (Å²) in [6.45, 7) is 2.22. The van der Waals surface area contributed by atoms with Crippen molar-refractivity contribution in [1.29, 1.82) is 0 Å². The zero-order valence-electron chi connectivity index (χ0n) is 33.9. The predicted molar refractivity (Wildman–Crippen MR) is 259 cm³/mol. The number of fused-ring (bicyclic) bond motifs is 4. The molecule has 2 N–H and O–H groups in total. The summed E-state index contributed by atoms with van der Waals surface area (Å²) < 4.78 is 0. The van der Waals surface area contributed by atoms with E-state index in [1.807, 2.05) is 140 Å². The Morgan fingerprint density at radius 1 is 0.262 bits per heavy atom. The third-order valence-electron chi connectivity index (χ3n) is 11.4. The number of rotatable bonds is 4. The second kappa shape index (κ2) is 17.5. The molecule has 0 radical (unpaired) electrons. The fourth-order valence-corrected chi connectivity index (χ4v) is 8.36. The topological polar surface area (TPSA) is 40.5 Å². The van der Waals surface area contributed by atoms with Crippen molar-refractivity contribution >= 4 is 43.1 Å². The number of phenolic OH excluding ortho intramolecular Hbond substituents is 2. The average Bonchev–Trinajstić information content (AvgIpc) is 3.33. The van der Waals surface area contributed by atoms with Gasteiger partial charge in [0.1, 0.15) is 11.5 Å². The van der Waals surface area contributed by atoms with Gasteiger partial charge in [0, 0.05) is 22.1 Å². The van der Waals surface area contributed by atoms with Crippen molar-refractivity contribution in [2.24, 2.45) is 0 Å². The molecule has 0 heterocycles. The van der Waals surface area contributed by atoms with Crippen molar-refractivity contribution < 1.29 is 10.2 Å². The van der Waals surface area contributed by atoms with Gasteiger partial charge in [-0.2, -0.15) is 0 Å². The summed E-state index contributed by atoms with van der Waals surface area (Å²) in [6, 6.07) is 80.3. The number of hydrogen-bond acceptors (Lipinski definition) is 2. The quantitative estimate of drug-likeness (QED) is 0.187. The molecule has 0 spiro atoms. The van der Waals surface area contributed by atoms with Gasteiger partial charge in [-0.15, -0.1) is 0 Å². The summed E-state index contributed by atoms with van der Waals surface area (Å²) in [4.78, 5) is 0. The number of aryl methyl sites for hydroxylation is 1. The molecule has 2 heteroatoms. The van der Waals surface area contributed by atoms with Gasteiger partial charge in [0.25, 0.3) is 0 Å². The van der Waals surface area contributed by atoms with Crippen LogP contribution in [0.2, 0.25) is 0 Å². The number of hydrogen-bond donors (Lipinski definition) is 2. The second-order valence-electron chi connectivity index (χ2n) is 15.1. The van der Waals surface area contributed by atoms with Crippen LogP contribution in [0.15, 0.2) is 237 Å². The van der Waals surface area contributed by atoms with Crippen molar-refractivity contribution in [3.8, 4) is 56.0 Å². The van der Waals surface area contributed by atoms with Crippen LogP contribution in [0, 0.1) is 6.92 Å². The van der Waals surface area contributed by atoms with E-state index in [4.69, 9.17) is 0 Å². The van der Waals surface area contributed by atoms with Crippen molar-refractivity contribution in [2.45, 2.75) is 6.92 Å². The number of aromatic hydroxyl groups is 2. The lowest BCUT2D eigenvalue weighted by atomic mass is 9.91. The molecule has 0 aliphatic heterocycles. The lowest BCUT2D eigenvalue weighted by molar-refractivity contribution is 0.480. The Labute approximate surface area is 356 Å². The molecule has 0 aliphatic carbocycles. The zero-order valence-corrected chi connectivity index (χ0v) is 33.9. The van der Waals surface area contributed by atoms with Crippen molar-refractivity contribution in [1.82, 2.24) is 0 Å². The maximum absolute atomic E-state index is 11.0. The molecule has 0 unspecified atom stereocenters. The molecule has 0 aliphatic rings. The molecular formula is C59H44O2. The molecule has 0 atom stereocenters. The van der Waals surface area contributed by atoms with E-state index in [0.717, 1.165) is 54.9 Å². The number of benzene rings is 11. The first-order valence-corrected chi connectivity index (χ1v) is 20.6. The average molecular weight is 785 g/mol. The summed E-state index contributed by atoms with van der Waals surface area (Å²) in [7, 11) is 0. The maximum Gasteiger partial charge on any atom is 0.131 e. The largest absolute Gasteiger partial charge is 0.507 e. The maximum atomic E-state index is 11.0. The van der Waals surface area contributed by atoms with Gasteiger partial charge < -0.3 is 10.2 Å². The highest BCUT2D eigenvalue weighted by Crippen LogP contribution is 2.43. The standard InChI is InChI=1S/C22H16O.C21H16.C16H12O/c23-22-20(16-9-3-1-4-10-16)15-18-13-7-8-14-19(18)21(22)17-11-5-2-6-12-17;1-15-18-10-4-2-8-17(18)13-14-19(15)21-12-6-9-16-7-3-5-11-20(16)21;17-16-14-9-5-4-8-13(14)10-11-15(16)12-6-2-1-3-7-12/h1-15,23H;2-14H,1H3;1-11,17H. The van der Waals surface area contributed by atoms with Crippen LogP contribution in [0.1, 0.15) is 5.56 Å². The Morgan fingerprint density at radius 2 is 0.689 bits per heavy atom. The first-order chi connectivity index (χ1) is 30.0. The molecule has 2 nitrogen and oxygen atoms in total. The highest BCUT2D eigenvalue weighted by molar-refractivity contribution is 6.04. The van der Waals surface area contributed by atoms with Crippen molar-refractivity contribution in [3.05, 3.63) is 242 Å².